The first-order valence-corrected chi connectivity index (χ1v) is 16.0. The van der Waals surface area contributed by atoms with Crippen molar-refractivity contribution in [2.24, 2.45) is 5.92 Å². The quantitative estimate of drug-likeness (QED) is 0.204. The van der Waals surface area contributed by atoms with Gasteiger partial charge in [0.05, 0.1) is 22.9 Å². The minimum Gasteiger partial charge on any atom is -0.493 e. The number of carboxylic acid groups (broad SMARTS) is 1. The van der Waals surface area contributed by atoms with Gasteiger partial charge in [-0.25, -0.2) is 9.18 Å². The van der Waals surface area contributed by atoms with Crippen molar-refractivity contribution in [2.75, 3.05) is 31.6 Å². The maximum atomic E-state index is 15.2. The molecule has 0 spiro atoms. The molecule has 0 bridgehead atoms. The summed E-state index contributed by atoms with van der Waals surface area (Å²) in [7, 11) is 0. The molecule has 3 aromatic carbocycles. The lowest BCUT2D eigenvalue weighted by Gasteiger charge is -2.36. The summed E-state index contributed by atoms with van der Waals surface area (Å²) in [5.74, 6) is -1.65. The van der Waals surface area contributed by atoms with Crippen LogP contribution in [0, 0.1) is 11.7 Å². The fraction of sp³-hybridized carbons (Fsp3) is 0.294. The van der Waals surface area contributed by atoms with Crippen molar-refractivity contribution in [3.63, 3.8) is 0 Å². The van der Waals surface area contributed by atoms with Gasteiger partial charge in [0.15, 0.2) is 5.82 Å². The van der Waals surface area contributed by atoms with E-state index < -0.39 is 29.6 Å². The molecule has 1 fully saturated rings. The van der Waals surface area contributed by atoms with Crippen LogP contribution in [0.25, 0.3) is 11.8 Å². The van der Waals surface area contributed by atoms with Crippen LogP contribution in [0.1, 0.15) is 52.4 Å². The Morgan fingerprint density at radius 1 is 1.10 bits per heavy atom. The molecule has 3 N–H and O–H groups in total. The SMILES string of the molecule is O=C(O)c1ccc(NC(=O)C2c3cccc(OCCC4CCNCC4)c3CCN2C(=O)C=Cc2c(-n3cnnn3)ccc(Cl)c2F)cc1. The summed E-state index contributed by atoms with van der Waals surface area (Å²) in [6.07, 6.45) is 7.32. The molecule has 12 nitrogen and oxygen atoms in total. The average Bonchev–Trinajstić information content (AvgIpc) is 3.64. The molecule has 0 aliphatic carbocycles. The Balaban J connectivity index is 1.29. The minimum absolute atomic E-state index is 0.00971. The van der Waals surface area contributed by atoms with E-state index in [9.17, 15) is 19.5 Å². The predicted octanol–water partition coefficient (Wildman–Crippen LogP) is 4.70. The number of rotatable bonds is 10. The first-order valence-electron chi connectivity index (χ1n) is 15.6. The highest BCUT2D eigenvalue weighted by molar-refractivity contribution is 6.31. The maximum Gasteiger partial charge on any atom is 0.335 e. The normalized spacial score (nSPS) is 16.5. The molecule has 1 saturated heterocycles. The number of nitrogens with one attached hydrogen (secondary N) is 2. The number of carboxylic acids is 1. The zero-order chi connectivity index (χ0) is 33.6. The molecule has 1 aromatic heterocycles. The van der Waals surface area contributed by atoms with Gasteiger partial charge >= 0.3 is 5.97 Å². The number of benzene rings is 3. The lowest BCUT2D eigenvalue weighted by molar-refractivity contribution is -0.135. The first kappa shape index (κ1) is 32.8. The van der Waals surface area contributed by atoms with Gasteiger partial charge in [0, 0.05) is 29.4 Å². The van der Waals surface area contributed by atoms with Gasteiger partial charge < -0.3 is 25.4 Å². The molecule has 1 atom stereocenters. The van der Waals surface area contributed by atoms with Crippen LogP contribution in [0.5, 0.6) is 5.75 Å². The van der Waals surface area contributed by atoms with Crippen molar-refractivity contribution in [1.82, 2.24) is 30.4 Å². The number of fused-ring (bicyclic) bond motifs is 1. The number of carbonyl (C=O) groups is 3. The van der Waals surface area contributed by atoms with Crippen LogP contribution in [0.2, 0.25) is 5.02 Å². The number of ether oxygens (including phenoxy) is 1. The van der Waals surface area contributed by atoms with E-state index >= 15 is 4.39 Å². The Morgan fingerprint density at radius 2 is 1.90 bits per heavy atom. The number of nitrogens with zero attached hydrogens (tertiary/aromatic N) is 5. The zero-order valence-corrected chi connectivity index (χ0v) is 26.6. The fourth-order valence-electron chi connectivity index (χ4n) is 6.14. The van der Waals surface area contributed by atoms with Gasteiger partial charge in [-0.3, -0.25) is 9.59 Å². The van der Waals surface area contributed by atoms with Crippen LogP contribution in [-0.4, -0.2) is 74.2 Å². The predicted molar refractivity (Wildman–Crippen MR) is 175 cm³/mol. The highest BCUT2D eigenvalue weighted by atomic mass is 35.5. The summed E-state index contributed by atoms with van der Waals surface area (Å²) in [4.78, 5) is 40.6. The summed E-state index contributed by atoms with van der Waals surface area (Å²) in [6.45, 7) is 2.72. The molecule has 48 heavy (non-hydrogen) atoms. The molecular weight excluding hydrogens is 641 g/mol. The number of amides is 2. The van der Waals surface area contributed by atoms with Gasteiger partial charge in [-0.1, -0.05) is 23.7 Å². The average molecular weight is 674 g/mol. The molecule has 1 unspecified atom stereocenters. The molecule has 0 radical (unpaired) electrons. The largest absolute Gasteiger partial charge is 0.493 e. The molecule has 4 aromatic rings. The lowest BCUT2D eigenvalue weighted by atomic mass is 9.90. The third-order valence-corrected chi connectivity index (χ3v) is 8.94. The van der Waals surface area contributed by atoms with E-state index in [1.165, 1.54) is 64.5 Å². The Hall–Kier alpha value is -5.14. The van der Waals surface area contributed by atoms with Gasteiger partial charge in [0.25, 0.3) is 5.91 Å². The minimum atomic E-state index is -1.09. The van der Waals surface area contributed by atoms with E-state index in [2.05, 4.69) is 26.2 Å². The smallest absolute Gasteiger partial charge is 0.335 e. The summed E-state index contributed by atoms with van der Waals surface area (Å²) in [6, 6.07) is 13.0. The van der Waals surface area contributed by atoms with Crippen molar-refractivity contribution in [1.29, 1.82) is 0 Å². The highest BCUT2D eigenvalue weighted by Crippen LogP contribution is 2.37. The standard InChI is InChI=1S/C34H33ClFN7O5/c35-27-9-10-28(43-20-38-40-41-43)26(31(27)36)8-11-30(44)42-18-14-24-25(2-1-3-29(24)48-19-15-21-12-16-37-17-13-21)32(42)33(45)39-23-6-4-22(5-7-23)34(46)47/h1-11,20-21,32,37H,12-19H2,(H,39,45)(H,46,47). The second-order valence-corrected chi connectivity index (χ2v) is 12.0. The van der Waals surface area contributed by atoms with E-state index in [1.807, 2.05) is 6.07 Å². The number of hydrogen-bond acceptors (Lipinski definition) is 8. The van der Waals surface area contributed by atoms with Crippen molar-refractivity contribution in [3.8, 4) is 11.4 Å². The van der Waals surface area contributed by atoms with Gasteiger partial charge in [0.1, 0.15) is 18.1 Å². The van der Waals surface area contributed by atoms with Gasteiger partial charge in [-0.05, 0) is 109 Å². The van der Waals surface area contributed by atoms with Gasteiger partial charge in [-0.15, -0.1) is 5.10 Å². The monoisotopic (exact) mass is 673 g/mol. The summed E-state index contributed by atoms with van der Waals surface area (Å²) in [5.41, 5.74) is 2.12. The van der Waals surface area contributed by atoms with Gasteiger partial charge in [-0.2, -0.15) is 4.68 Å². The Kier molecular flexibility index (Phi) is 10.1. The highest BCUT2D eigenvalue weighted by Gasteiger charge is 2.37. The Labute approximate surface area is 280 Å². The summed E-state index contributed by atoms with van der Waals surface area (Å²) in [5, 5.41) is 26.3. The first-order chi connectivity index (χ1) is 23.3. The third kappa shape index (κ3) is 7.21. The molecule has 2 amide bonds. The number of aromatic carboxylic acids is 1. The van der Waals surface area contributed by atoms with Gasteiger partial charge in [0.2, 0.25) is 5.91 Å². The van der Waals surface area contributed by atoms with E-state index in [-0.39, 0.29) is 28.4 Å². The number of halogens is 2. The van der Waals surface area contributed by atoms with Crippen molar-refractivity contribution >= 4 is 41.1 Å². The number of anilines is 1. The van der Waals surface area contributed by atoms with Crippen LogP contribution < -0.4 is 15.4 Å². The zero-order valence-electron chi connectivity index (χ0n) is 25.8. The molecule has 3 heterocycles. The molecule has 14 heteroatoms. The van der Waals surface area contributed by atoms with Crippen LogP contribution in [-0.2, 0) is 16.0 Å². The molecule has 0 saturated carbocycles. The summed E-state index contributed by atoms with van der Waals surface area (Å²) >= 11 is 6.07. The molecule has 6 rings (SSSR count). The molecule has 2 aliphatic heterocycles. The summed E-state index contributed by atoms with van der Waals surface area (Å²) < 4.78 is 22.7. The fourth-order valence-corrected chi connectivity index (χ4v) is 6.30. The molecular formula is C34H33ClFN7O5. The van der Waals surface area contributed by atoms with Crippen LogP contribution in [0.15, 0.2) is 67.0 Å². The Bertz CT molecular complexity index is 1830. The van der Waals surface area contributed by atoms with E-state index in [0.29, 0.717) is 35.9 Å². The van der Waals surface area contributed by atoms with Crippen molar-refractivity contribution in [3.05, 3.63) is 100 Å². The topological polar surface area (TPSA) is 152 Å². The molecule has 248 valence electrons. The second kappa shape index (κ2) is 14.7. The van der Waals surface area contributed by atoms with E-state index in [4.69, 9.17) is 16.3 Å². The number of carbonyl (C=O) groups excluding carboxylic acids is 2. The van der Waals surface area contributed by atoms with Crippen LogP contribution in [0.3, 0.4) is 0 Å². The van der Waals surface area contributed by atoms with Crippen molar-refractivity contribution < 1.29 is 28.6 Å². The van der Waals surface area contributed by atoms with E-state index in [0.717, 1.165) is 37.9 Å². The third-order valence-electron chi connectivity index (χ3n) is 8.65. The number of hydrogen-bond donors (Lipinski definition) is 3. The van der Waals surface area contributed by atoms with Crippen molar-refractivity contribution in [2.45, 2.75) is 31.7 Å². The van der Waals surface area contributed by atoms with E-state index in [1.54, 1.807) is 12.1 Å². The second-order valence-electron chi connectivity index (χ2n) is 11.6. The maximum absolute atomic E-state index is 15.2. The Morgan fingerprint density at radius 3 is 2.62 bits per heavy atom. The number of aromatic nitrogens is 4. The lowest BCUT2D eigenvalue weighted by Crippen LogP contribution is -2.44. The number of piperidine rings is 1. The molecule has 2 aliphatic rings. The van der Waals surface area contributed by atoms with Crippen LogP contribution >= 0.6 is 11.6 Å². The van der Waals surface area contributed by atoms with Crippen LogP contribution in [0.4, 0.5) is 10.1 Å². The number of tetrazole rings is 1.